The van der Waals surface area contributed by atoms with Gasteiger partial charge in [-0.2, -0.15) is 0 Å². The molecule has 2 aromatic rings. The van der Waals surface area contributed by atoms with Gasteiger partial charge in [0.15, 0.2) is 5.76 Å². The molecule has 0 atom stereocenters. The highest BCUT2D eigenvalue weighted by atomic mass is 16.6. The van der Waals surface area contributed by atoms with Crippen LogP contribution >= 0.6 is 0 Å². The minimum Gasteiger partial charge on any atom is -0.459 e. The molecule has 3 rings (SSSR count). The Balaban J connectivity index is 1.66. The second-order valence-electron chi connectivity index (χ2n) is 5.24. The van der Waals surface area contributed by atoms with E-state index < -0.39 is 4.92 Å². The van der Waals surface area contributed by atoms with Crippen LogP contribution in [0.15, 0.2) is 41.1 Å². The van der Waals surface area contributed by atoms with Crippen molar-refractivity contribution in [1.82, 2.24) is 9.88 Å². The number of rotatable bonds is 3. The number of anilines is 1. The fourth-order valence-corrected chi connectivity index (χ4v) is 2.58. The Morgan fingerprint density at radius 3 is 2.74 bits per heavy atom. The second-order valence-corrected chi connectivity index (χ2v) is 5.24. The lowest BCUT2D eigenvalue weighted by Gasteiger charge is -2.22. The number of hydrogen-bond donors (Lipinski definition) is 0. The van der Waals surface area contributed by atoms with Gasteiger partial charge in [-0.05, 0) is 24.6 Å². The monoisotopic (exact) mass is 316 g/mol. The molecule has 1 saturated heterocycles. The van der Waals surface area contributed by atoms with Gasteiger partial charge in [0.25, 0.3) is 11.6 Å². The van der Waals surface area contributed by atoms with Crippen molar-refractivity contribution in [1.29, 1.82) is 0 Å². The standard InChI is InChI=1S/C15H16N4O4/c20-15(13-3-1-10-23-13)18-7-2-6-17(8-9-18)14-5-4-12(11-16-14)19(21)22/h1,3-5,10-11H,2,6-9H2. The molecule has 0 bridgehead atoms. The van der Waals surface area contributed by atoms with E-state index in [0.717, 1.165) is 13.0 Å². The number of carbonyl (C=O) groups is 1. The van der Waals surface area contributed by atoms with E-state index in [1.54, 1.807) is 23.1 Å². The average molecular weight is 316 g/mol. The van der Waals surface area contributed by atoms with Gasteiger partial charge in [-0.25, -0.2) is 4.98 Å². The van der Waals surface area contributed by atoms with Crippen molar-refractivity contribution >= 4 is 17.4 Å². The summed E-state index contributed by atoms with van der Waals surface area (Å²) in [6.07, 6.45) is 3.54. The molecule has 1 aliphatic heterocycles. The zero-order valence-corrected chi connectivity index (χ0v) is 12.4. The third kappa shape index (κ3) is 3.31. The third-order valence-electron chi connectivity index (χ3n) is 3.78. The minimum atomic E-state index is -0.469. The van der Waals surface area contributed by atoms with Crippen molar-refractivity contribution in [2.24, 2.45) is 0 Å². The van der Waals surface area contributed by atoms with Crippen molar-refractivity contribution in [3.05, 3.63) is 52.6 Å². The zero-order chi connectivity index (χ0) is 16.2. The summed E-state index contributed by atoms with van der Waals surface area (Å²) in [7, 11) is 0. The summed E-state index contributed by atoms with van der Waals surface area (Å²) in [5.41, 5.74) is -0.0294. The van der Waals surface area contributed by atoms with E-state index in [4.69, 9.17) is 4.42 Å². The number of amides is 1. The van der Waals surface area contributed by atoms with Crippen molar-refractivity contribution in [2.45, 2.75) is 6.42 Å². The lowest BCUT2D eigenvalue weighted by Crippen LogP contribution is -2.35. The first-order valence-electron chi connectivity index (χ1n) is 7.33. The molecule has 23 heavy (non-hydrogen) atoms. The lowest BCUT2D eigenvalue weighted by atomic mass is 10.3. The van der Waals surface area contributed by atoms with Crippen LogP contribution < -0.4 is 4.90 Å². The normalized spacial score (nSPS) is 15.3. The summed E-state index contributed by atoms with van der Waals surface area (Å²) in [4.78, 5) is 30.4. The number of nitrogens with zero attached hydrogens (tertiary/aromatic N) is 4. The highest BCUT2D eigenvalue weighted by Gasteiger charge is 2.22. The van der Waals surface area contributed by atoms with Gasteiger partial charge in [-0.1, -0.05) is 0 Å². The van der Waals surface area contributed by atoms with Crippen LogP contribution in [0.4, 0.5) is 11.5 Å². The molecule has 1 aliphatic rings. The van der Waals surface area contributed by atoms with Gasteiger partial charge in [-0.3, -0.25) is 14.9 Å². The van der Waals surface area contributed by atoms with E-state index >= 15 is 0 Å². The molecule has 0 aliphatic carbocycles. The number of furan rings is 1. The number of hydrogen-bond acceptors (Lipinski definition) is 6. The average Bonchev–Trinajstić information content (AvgIpc) is 2.99. The summed E-state index contributed by atoms with van der Waals surface area (Å²) < 4.78 is 5.16. The Hall–Kier alpha value is -2.90. The Morgan fingerprint density at radius 2 is 2.09 bits per heavy atom. The van der Waals surface area contributed by atoms with Gasteiger partial charge in [0.1, 0.15) is 12.0 Å². The largest absolute Gasteiger partial charge is 0.459 e. The lowest BCUT2D eigenvalue weighted by molar-refractivity contribution is -0.385. The van der Waals surface area contributed by atoms with Gasteiger partial charge in [-0.15, -0.1) is 0 Å². The van der Waals surface area contributed by atoms with E-state index in [1.165, 1.54) is 18.5 Å². The van der Waals surface area contributed by atoms with Crippen LogP contribution in [0, 0.1) is 10.1 Å². The molecule has 8 heteroatoms. The third-order valence-corrected chi connectivity index (χ3v) is 3.78. The van der Waals surface area contributed by atoms with Gasteiger partial charge in [0, 0.05) is 32.2 Å². The number of pyridine rings is 1. The highest BCUT2D eigenvalue weighted by molar-refractivity contribution is 5.91. The van der Waals surface area contributed by atoms with Crippen LogP contribution in [0.5, 0.6) is 0 Å². The summed E-state index contributed by atoms with van der Waals surface area (Å²) in [5, 5.41) is 10.7. The Labute approximate surface area is 132 Å². The second kappa shape index (κ2) is 6.47. The molecule has 3 heterocycles. The van der Waals surface area contributed by atoms with E-state index in [1.807, 2.05) is 4.90 Å². The fourth-order valence-electron chi connectivity index (χ4n) is 2.58. The van der Waals surface area contributed by atoms with Crippen LogP contribution in [0.3, 0.4) is 0 Å². The van der Waals surface area contributed by atoms with E-state index in [9.17, 15) is 14.9 Å². The summed E-state index contributed by atoms with van der Waals surface area (Å²) in [6, 6.07) is 6.43. The predicted molar refractivity (Wildman–Crippen MR) is 82.3 cm³/mol. The molecule has 0 saturated carbocycles. The van der Waals surface area contributed by atoms with Crippen LogP contribution in [0.25, 0.3) is 0 Å². The first kappa shape index (κ1) is 15.0. The van der Waals surface area contributed by atoms with E-state index in [-0.39, 0.29) is 11.6 Å². The first-order valence-corrected chi connectivity index (χ1v) is 7.33. The first-order chi connectivity index (χ1) is 11.1. The summed E-state index contributed by atoms with van der Waals surface area (Å²) in [6.45, 7) is 2.56. The van der Waals surface area contributed by atoms with Gasteiger partial charge in [0.05, 0.1) is 11.2 Å². The molecule has 0 unspecified atom stereocenters. The molecule has 1 amide bonds. The number of nitro groups is 1. The van der Waals surface area contributed by atoms with E-state index in [2.05, 4.69) is 4.98 Å². The maximum Gasteiger partial charge on any atom is 0.289 e. The smallest absolute Gasteiger partial charge is 0.289 e. The Bertz CT molecular complexity index is 684. The summed E-state index contributed by atoms with van der Waals surface area (Å²) in [5.74, 6) is 0.906. The molecule has 2 aromatic heterocycles. The topological polar surface area (TPSA) is 92.7 Å². The van der Waals surface area contributed by atoms with Crippen molar-refractivity contribution in [3.8, 4) is 0 Å². The van der Waals surface area contributed by atoms with Crippen molar-refractivity contribution < 1.29 is 14.1 Å². The van der Waals surface area contributed by atoms with Crippen LogP contribution in [-0.4, -0.2) is 46.9 Å². The van der Waals surface area contributed by atoms with Crippen LogP contribution in [0.1, 0.15) is 17.0 Å². The molecule has 1 fully saturated rings. The Morgan fingerprint density at radius 1 is 1.22 bits per heavy atom. The van der Waals surface area contributed by atoms with E-state index in [0.29, 0.717) is 31.2 Å². The fraction of sp³-hybridized carbons (Fsp3) is 0.333. The predicted octanol–water partition coefficient (Wildman–Crippen LogP) is 1.94. The van der Waals surface area contributed by atoms with Crippen LogP contribution in [0.2, 0.25) is 0 Å². The Kier molecular flexibility index (Phi) is 4.22. The zero-order valence-electron chi connectivity index (χ0n) is 12.4. The quantitative estimate of drug-likeness (QED) is 0.634. The number of aromatic nitrogens is 1. The maximum atomic E-state index is 12.3. The summed E-state index contributed by atoms with van der Waals surface area (Å²) >= 11 is 0. The van der Waals surface area contributed by atoms with Gasteiger partial charge in [0.2, 0.25) is 0 Å². The maximum absolute atomic E-state index is 12.3. The SMILES string of the molecule is O=C(c1ccco1)N1CCCN(c2ccc([N+](=O)[O-])cn2)CC1. The highest BCUT2D eigenvalue weighted by Crippen LogP contribution is 2.18. The van der Waals surface area contributed by atoms with Crippen molar-refractivity contribution in [2.75, 3.05) is 31.1 Å². The van der Waals surface area contributed by atoms with Crippen molar-refractivity contribution in [3.63, 3.8) is 0 Å². The van der Waals surface area contributed by atoms with Gasteiger partial charge >= 0.3 is 0 Å². The van der Waals surface area contributed by atoms with Gasteiger partial charge < -0.3 is 14.2 Å². The molecule has 8 nitrogen and oxygen atoms in total. The molecule has 0 aromatic carbocycles. The molecule has 0 N–H and O–H groups in total. The molecule has 0 spiro atoms. The molecule has 120 valence electrons. The molecule has 0 radical (unpaired) electrons. The minimum absolute atomic E-state index is 0.0294. The molecular formula is C15H16N4O4. The molecular weight excluding hydrogens is 300 g/mol. The van der Waals surface area contributed by atoms with Crippen LogP contribution in [-0.2, 0) is 0 Å². The number of carbonyl (C=O) groups excluding carboxylic acids is 1.